The van der Waals surface area contributed by atoms with E-state index in [9.17, 15) is 9.90 Å². The Morgan fingerprint density at radius 3 is 1.90 bits per heavy atom. The van der Waals surface area contributed by atoms with Crippen LogP contribution in [0.3, 0.4) is 0 Å². The van der Waals surface area contributed by atoms with E-state index >= 15 is 0 Å². The van der Waals surface area contributed by atoms with Gasteiger partial charge in [0, 0.05) is 11.1 Å². The molecule has 0 unspecified atom stereocenters. The molecule has 0 bridgehead atoms. The first-order valence-corrected chi connectivity index (χ1v) is 10.4. The Balaban J connectivity index is 1.81. The molecule has 0 atom stereocenters. The molecule has 0 saturated heterocycles. The third-order valence-electron chi connectivity index (χ3n) is 6.64. The van der Waals surface area contributed by atoms with Crippen LogP contribution in [-0.2, 0) is 10.8 Å². The molecule has 0 spiro atoms. The van der Waals surface area contributed by atoms with Gasteiger partial charge in [-0.2, -0.15) is 0 Å². The summed E-state index contributed by atoms with van der Waals surface area (Å²) < 4.78 is 0. The maximum atomic E-state index is 11.1. The van der Waals surface area contributed by atoms with Crippen LogP contribution in [0.2, 0.25) is 0 Å². The highest BCUT2D eigenvalue weighted by Crippen LogP contribution is 2.48. The number of phenols is 1. The lowest BCUT2D eigenvalue weighted by Crippen LogP contribution is -2.33. The van der Waals surface area contributed by atoms with Gasteiger partial charge in [-0.25, -0.2) is 4.79 Å². The average Bonchev–Trinajstić information content (AvgIpc) is 2.71. The van der Waals surface area contributed by atoms with Crippen LogP contribution in [0.25, 0.3) is 22.3 Å². The van der Waals surface area contributed by atoms with Crippen molar-refractivity contribution in [3.8, 4) is 28.0 Å². The zero-order valence-electron chi connectivity index (χ0n) is 18.0. The molecule has 0 heterocycles. The zero-order chi connectivity index (χ0) is 21.7. The number of carboxylic acids is 1. The van der Waals surface area contributed by atoms with Crippen molar-refractivity contribution in [2.45, 2.75) is 51.4 Å². The lowest BCUT2D eigenvalue weighted by molar-refractivity contribution is 0.0697. The minimum atomic E-state index is -0.959. The number of para-hydroxylation sites is 1. The number of hydrogen-bond donors (Lipinski definition) is 2. The van der Waals surface area contributed by atoms with Gasteiger partial charge in [0.25, 0.3) is 0 Å². The average molecular weight is 401 g/mol. The molecule has 1 aliphatic rings. The van der Waals surface area contributed by atoms with Crippen LogP contribution in [0.1, 0.15) is 62.0 Å². The molecule has 1 aliphatic carbocycles. The number of carbonyl (C=O) groups is 1. The van der Waals surface area contributed by atoms with Gasteiger partial charge in [-0.3, -0.25) is 0 Å². The first-order valence-electron chi connectivity index (χ1n) is 10.4. The van der Waals surface area contributed by atoms with Crippen LogP contribution in [0.15, 0.2) is 60.7 Å². The number of rotatable bonds is 3. The van der Waals surface area contributed by atoms with Gasteiger partial charge in [0.1, 0.15) is 5.75 Å². The van der Waals surface area contributed by atoms with Crippen molar-refractivity contribution < 1.29 is 15.0 Å². The van der Waals surface area contributed by atoms with Gasteiger partial charge in [-0.05, 0) is 58.1 Å². The molecule has 0 aromatic heterocycles. The highest BCUT2D eigenvalue weighted by atomic mass is 16.4. The third-order valence-corrected chi connectivity index (χ3v) is 6.64. The summed E-state index contributed by atoms with van der Waals surface area (Å²) in [6.07, 6.45) is 2.30. The number of fused-ring (bicyclic) bond motifs is 1. The van der Waals surface area contributed by atoms with E-state index in [1.54, 1.807) is 24.3 Å². The lowest BCUT2D eigenvalue weighted by atomic mass is 9.63. The topological polar surface area (TPSA) is 57.5 Å². The number of phenolic OH excluding ortho intramolecular Hbond substituents is 1. The van der Waals surface area contributed by atoms with E-state index in [4.69, 9.17) is 5.11 Å². The largest absolute Gasteiger partial charge is 0.507 e. The summed E-state index contributed by atoms with van der Waals surface area (Å²) in [7, 11) is 0. The van der Waals surface area contributed by atoms with E-state index in [0.717, 1.165) is 23.1 Å². The Morgan fingerprint density at radius 1 is 0.767 bits per heavy atom. The molecular formula is C27H28O3. The lowest BCUT2D eigenvalue weighted by Gasteiger charge is -2.42. The standard InChI is InChI=1S/C27H28O3/c1-26(2)14-15-27(3,4)23-16-19(12-13-22(23)26)21-7-5-6-20(24(21)28)17-8-10-18(11-9-17)25(29)30/h5-13,16,28H,14-15H2,1-4H3,(H,29,30). The number of aromatic carboxylic acids is 1. The van der Waals surface area contributed by atoms with Crippen molar-refractivity contribution in [1.29, 1.82) is 0 Å². The van der Waals surface area contributed by atoms with Crippen LogP contribution in [0.4, 0.5) is 0 Å². The molecule has 154 valence electrons. The Labute approximate surface area is 178 Å². The van der Waals surface area contributed by atoms with Crippen LogP contribution >= 0.6 is 0 Å². The summed E-state index contributed by atoms with van der Waals surface area (Å²) >= 11 is 0. The summed E-state index contributed by atoms with van der Waals surface area (Å²) in [4.78, 5) is 11.1. The molecule has 4 rings (SSSR count). The molecule has 0 saturated carbocycles. The molecule has 3 aromatic rings. The van der Waals surface area contributed by atoms with Gasteiger partial charge >= 0.3 is 5.97 Å². The highest BCUT2D eigenvalue weighted by Gasteiger charge is 2.37. The maximum Gasteiger partial charge on any atom is 0.335 e. The van der Waals surface area contributed by atoms with E-state index in [-0.39, 0.29) is 22.1 Å². The van der Waals surface area contributed by atoms with Gasteiger partial charge in [-0.15, -0.1) is 0 Å². The smallest absolute Gasteiger partial charge is 0.335 e. The van der Waals surface area contributed by atoms with Crippen LogP contribution < -0.4 is 0 Å². The van der Waals surface area contributed by atoms with Crippen molar-refractivity contribution >= 4 is 5.97 Å². The van der Waals surface area contributed by atoms with Gasteiger partial charge in [0.05, 0.1) is 5.56 Å². The Morgan fingerprint density at radius 2 is 1.30 bits per heavy atom. The zero-order valence-corrected chi connectivity index (χ0v) is 18.0. The quantitative estimate of drug-likeness (QED) is 0.510. The summed E-state index contributed by atoms with van der Waals surface area (Å²) in [5, 5.41) is 20.2. The predicted molar refractivity (Wildman–Crippen MR) is 121 cm³/mol. The van der Waals surface area contributed by atoms with Crippen LogP contribution in [-0.4, -0.2) is 16.2 Å². The second kappa shape index (κ2) is 7.02. The van der Waals surface area contributed by atoms with E-state index < -0.39 is 5.97 Å². The molecule has 0 radical (unpaired) electrons. The van der Waals surface area contributed by atoms with Crippen molar-refractivity contribution in [2.24, 2.45) is 0 Å². The maximum absolute atomic E-state index is 11.1. The second-order valence-corrected chi connectivity index (χ2v) is 9.61. The second-order valence-electron chi connectivity index (χ2n) is 9.61. The summed E-state index contributed by atoms with van der Waals surface area (Å²) in [6.45, 7) is 9.20. The van der Waals surface area contributed by atoms with Gasteiger partial charge < -0.3 is 10.2 Å². The van der Waals surface area contributed by atoms with E-state index in [2.05, 4.69) is 45.9 Å². The van der Waals surface area contributed by atoms with Gasteiger partial charge in [-0.1, -0.05) is 76.2 Å². The number of aromatic hydroxyl groups is 1. The Bertz CT molecular complexity index is 1120. The molecule has 2 N–H and O–H groups in total. The minimum Gasteiger partial charge on any atom is -0.507 e. The van der Waals surface area contributed by atoms with Crippen molar-refractivity contribution in [3.05, 3.63) is 77.4 Å². The van der Waals surface area contributed by atoms with E-state index in [0.29, 0.717) is 5.56 Å². The number of hydrogen-bond acceptors (Lipinski definition) is 2. The van der Waals surface area contributed by atoms with Gasteiger partial charge in [0.2, 0.25) is 0 Å². The van der Waals surface area contributed by atoms with E-state index in [1.807, 2.05) is 18.2 Å². The molecule has 0 aliphatic heterocycles. The van der Waals surface area contributed by atoms with Crippen molar-refractivity contribution in [2.75, 3.05) is 0 Å². The number of benzene rings is 3. The fourth-order valence-corrected chi connectivity index (χ4v) is 4.56. The predicted octanol–water partition coefficient (Wildman–Crippen LogP) is 6.77. The summed E-state index contributed by atoms with van der Waals surface area (Å²) in [6, 6.07) is 18.9. The fraction of sp³-hybridized carbons (Fsp3) is 0.296. The molecule has 3 heteroatoms. The summed E-state index contributed by atoms with van der Waals surface area (Å²) in [5.74, 6) is -0.743. The molecule has 3 aromatic carbocycles. The molecule has 30 heavy (non-hydrogen) atoms. The Hall–Kier alpha value is -3.07. The molecule has 0 amide bonds. The molecule has 3 nitrogen and oxygen atoms in total. The Kier molecular flexibility index (Phi) is 4.73. The summed E-state index contributed by atoms with van der Waals surface area (Å²) in [5.41, 5.74) is 6.50. The fourth-order valence-electron chi connectivity index (χ4n) is 4.56. The number of carboxylic acid groups (broad SMARTS) is 1. The van der Waals surface area contributed by atoms with Crippen molar-refractivity contribution in [1.82, 2.24) is 0 Å². The van der Waals surface area contributed by atoms with Crippen LogP contribution in [0, 0.1) is 0 Å². The molecular weight excluding hydrogens is 372 g/mol. The first kappa shape index (κ1) is 20.2. The highest BCUT2D eigenvalue weighted by molar-refractivity contribution is 5.89. The van der Waals surface area contributed by atoms with Gasteiger partial charge in [0.15, 0.2) is 0 Å². The molecule has 0 fully saturated rings. The van der Waals surface area contributed by atoms with Crippen LogP contribution in [0.5, 0.6) is 5.75 Å². The third kappa shape index (κ3) is 3.39. The first-order chi connectivity index (χ1) is 14.1. The minimum absolute atomic E-state index is 0.0980. The normalized spacial score (nSPS) is 16.7. The van der Waals surface area contributed by atoms with E-state index in [1.165, 1.54) is 17.5 Å². The van der Waals surface area contributed by atoms with Crippen molar-refractivity contribution in [3.63, 3.8) is 0 Å². The monoisotopic (exact) mass is 400 g/mol. The SMILES string of the molecule is CC1(C)CCC(C)(C)c2cc(-c3cccc(-c4ccc(C(=O)O)cc4)c3O)ccc21.